The lowest BCUT2D eigenvalue weighted by Crippen LogP contribution is -2.34. The third-order valence-corrected chi connectivity index (χ3v) is 5.11. The van der Waals surface area contributed by atoms with Gasteiger partial charge in [-0.15, -0.1) is 11.3 Å². The Kier molecular flexibility index (Phi) is 6.94. The highest BCUT2D eigenvalue weighted by Crippen LogP contribution is 2.29. The second kappa shape index (κ2) is 9.81. The van der Waals surface area contributed by atoms with E-state index < -0.39 is 4.92 Å². The van der Waals surface area contributed by atoms with Gasteiger partial charge in [-0.25, -0.2) is 0 Å². The van der Waals surface area contributed by atoms with Crippen LogP contribution in [0.3, 0.4) is 0 Å². The Labute approximate surface area is 172 Å². The zero-order chi connectivity index (χ0) is 20.6. The number of nitrogens with zero attached hydrogens (tertiary/aromatic N) is 2. The van der Waals surface area contributed by atoms with E-state index in [-0.39, 0.29) is 29.5 Å². The predicted molar refractivity (Wildman–Crippen MR) is 112 cm³/mol. The van der Waals surface area contributed by atoms with Gasteiger partial charge in [-0.05, 0) is 29.1 Å². The van der Waals surface area contributed by atoms with Crippen molar-refractivity contribution in [3.8, 4) is 5.75 Å². The lowest BCUT2D eigenvalue weighted by Gasteiger charge is -2.21. The lowest BCUT2D eigenvalue weighted by atomic mass is 10.1. The second-order valence-electron chi connectivity index (χ2n) is 6.31. The Bertz CT molecular complexity index is 961. The molecule has 0 saturated carbocycles. The Hall–Kier alpha value is -3.23. The second-order valence-corrected chi connectivity index (χ2v) is 7.34. The van der Waals surface area contributed by atoms with Gasteiger partial charge in [0.25, 0.3) is 5.91 Å². The first-order valence-electron chi connectivity index (χ1n) is 9.05. The van der Waals surface area contributed by atoms with Crippen LogP contribution in [0.4, 0.5) is 5.69 Å². The van der Waals surface area contributed by atoms with E-state index in [4.69, 9.17) is 10.5 Å². The van der Waals surface area contributed by atoms with Crippen LogP contribution in [0.5, 0.6) is 5.75 Å². The van der Waals surface area contributed by atoms with Gasteiger partial charge in [0.2, 0.25) is 0 Å². The fourth-order valence-electron chi connectivity index (χ4n) is 2.83. The summed E-state index contributed by atoms with van der Waals surface area (Å²) >= 11 is 1.54. The van der Waals surface area contributed by atoms with Gasteiger partial charge in [0.05, 0.1) is 11.5 Å². The number of carbonyl (C=O) groups is 1. The van der Waals surface area contributed by atoms with E-state index in [1.54, 1.807) is 22.3 Å². The van der Waals surface area contributed by atoms with Crippen molar-refractivity contribution in [2.45, 2.75) is 13.2 Å². The number of thiophene rings is 1. The third kappa shape index (κ3) is 5.40. The lowest BCUT2D eigenvalue weighted by molar-refractivity contribution is -0.386. The van der Waals surface area contributed by atoms with Crippen LogP contribution in [-0.4, -0.2) is 28.8 Å². The maximum absolute atomic E-state index is 12.9. The van der Waals surface area contributed by atoms with Crippen LogP contribution in [-0.2, 0) is 13.2 Å². The number of hydrogen-bond donors (Lipinski definition) is 1. The highest BCUT2D eigenvalue weighted by Gasteiger charge is 2.22. The molecule has 0 aliphatic heterocycles. The van der Waals surface area contributed by atoms with E-state index in [1.165, 1.54) is 12.1 Å². The number of nitrogens with two attached hydrogens (primary N) is 1. The summed E-state index contributed by atoms with van der Waals surface area (Å²) in [7, 11) is 0. The zero-order valence-corrected chi connectivity index (χ0v) is 16.5. The number of ether oxygens (including phenoxy) is 1. The molecule has 0 aliphatic carbocycles. The minimum absolute atomic E-state index is 0.124. The average molecular weight is 411 g/mol. The summed E-state index contributed by atoms with van der Waals surface area (Å²) in [6.45, 7) is 1.27. The Morgan fingerprint density at radius 1 is 1.14 bits per heavy atom. The number of carbonyl (C=O) groups excluding carboxylic acids is 1. The fraction of sp³-hybridized carbons (Fsp3) is 0.190. The summed E-state index contributed by atoms with van der Waals surface area (Å²) < 4.78 is 5.63. The largest absolute Gasteiger partial charge is 0.482 e. The highest BCUT2D eigenvalue weighted by molar-refractivity contribution is 7.09. The molecule has 2 aromatic carbocycles. The first-order chi connectivity index (χ1) is 14.1. The SMILES string of the molecule is NCCN(Cc1cccs1)C(=O)c1ccc(OCc2ccccc2)c([N+](=O)[O-])c1. The molecule has 2 N–H and O–H groups in total. The van der Waals surface area contributed by atoms with Crippen molar-refractivity contribution in [3.05, 3.63) is 92.2 Å². The normalized spacial score (nSPS) is 10.5. The average Bonchev–Trinajstić information content (AvgIpc) is 3.25. The van der Waals surface area contributed by atoms with Crippen LogP contribution in [0.15, 0.2) is 66.0 Å². The monoisotopic (exact) mass is 411 g/mol. The van der Waals surface area contributed by atoms with Gasteiger partial charge >= 0.3 is 5.69 Å². The van der Waals surface area contributed by atoms with Crippen molar-refractivity contribution in [1.29, 1.82) is 0 Å². The Morgan fingerprint density at radius 3 is 2.59 bits per heavy atom. The van der Waals surface area contributed by atoms with Crippen LogP contribution in [0, 0.1) is 10.1 Å². The molecule has 0 spiro atoms. The summed E-state index contributed by atoms with van der Waals surface area (Å²) in [5, 5.41) is 13.5. The van der Waals surface area contributed by atoms with E-state index in [1.807, 2.05) is 47.8 Å². The van der Waals surface area contributed by atoms with Crippen LogP contribution < -0.4 is 10.5 Å². The maximum Gasteiger partial charge on any atom is 0.311 e. The van der Waals surface area contributed by atoms with Gasteiger partial charge in [0, 0.05) is 29.6 Å². The molecular formula is C21H21N3O4S. The molecular weight excluding hydrogens is 390 g/mol. The topological polar surface area (TPSA) is 98.7 Å². The van der Waals surface area contributed by atoms with E-state index in [0.717, 1.165) is 10.4 Å². The van der Waals surface area contributed by atoms with Crippen LogP contribution in [0.25, 0.3) is 0 Å². The zero-order valence-electron chi connectivity index (χ0n) is 15.7. The molecule has 8 heteroatoms. The minimum Gasteiger partial charge on any atom is -0.482 e. The molecule has 3 aromatic rings. The van der Waals surface area contributed by atoms with Crippen LogP contribution in [0.2, 0.25) is 0 Å². The molecule has 0 bridgehead atoms. The quantitative estimate of drug-likeness (QED) is 0.426. The molecule has 0 fully saturated rings. The van der Waals surface area contributed by atoms with Crippen molar-refractivity contribution in [2.75, 3.05) is 13.1 Å². The van der Waals surface area contributed by atoms with Crippen LogP contribution in [0.1, 0.15) is 20.8 Å². The smallest absolute Gasteiger partial charge is 0.311 e. The molecule has 7 nitrogen and oxygen atoms in total. The van der Waals surface area contributed by atoms with Gasteiger partial charge in [-0.1, -0.05) is 36.4 Å². The van der Waals surface area contributed by atoms with Crippen molar-refractivity contribution in [3.63, 3.8) is 0 Å². The minimum atomic E-state index is -0.538. The van der Waals surface area contributed by atoms with Gasteiger partial charge in [0.1, 0.15) is 6.61 Å². The molecule has 150 valence electrons. The van der Waals surface area contributed by atoms with Gasteiger partial charge in [-0.3, -0.25) is 14.9 Å². The van der Waals surface area contributed by atoms with E-state index in [2.05, 4.69) is 0 Å². The molecule has 1 aromatic heterocycles. The first kappa shape index (κ1) is 20.5. The molecule has 1 amide bonds. The maximum atomic E-state index is 12.9. The Morgan fingerprint density at radius 2 is 1.93 bits per heavy atom. The summed E-state index contributed by atoms with van der Waals surface area (Å²) in [4.78, 5) is 26.6. The summed E-state index contributed by atoms with van der Waals surface area (Å²) in [6, 6.07) is 17.5. The van der Waals surface area contributed by atoms with Crippen molar-refractivity contribution in [1.82, 2.24) is 4.90 Å². The summed E-state index contributed by atoms with van der Waals surface area (Å²) in [5.74, 6) is -0.180. The van der Waals surface area contributed by atoms with Crippen LogP contribution >= 0.6 is 11.3 Å². The number of rotatable bonds is 9. The summed E-state index contributed by atoms with van der Waals surface area (Å²) in [6.07, 6.45) is 0. The molecule has 0 atom stereocenters. The highest BCUT2D eigenvalue weighted by atomic mass is 32.1. The van der Waals surface area contributed by atoms with Crippen molar-refractivity contribution in [2.24, 2.45) is 5.73 Å². The number of nitro groups is 1. The predicted octanol–water partition coefficient (Wildman–Crippen LogP) is 3.84. The standard InChI is InChI=1S/C21H21N3O4S/c22-10-11-23(14-18-7-4-12-29-18)21(25)17-8-9-20(19(13-17)24(26)27)28-15-16-5-2-1-3-6-16/h1-9,12-13H,10-11,14-15,22H2. The molecule has 1 heterocycles. The van der Waals surface area contributed by atoms with Crippen molar-refractivity contribution < 1.29 is 14.5 Å². The Balaban J connectivity index is 1.80. The number of benzene rings is 2. The van der Waals surface area contributed by atoms with Gasteiger partial charge in [0.15, 0.2) is 5.75 Å². The first-order valence-corrected chi connectivity index (χ1v) is 9.93. The number of amides is 1. The number of nitro benzene ring substituents is 1. The van der Waals surface area contributed by atoms with E-state index in [0.29, 0.717) is 19.6 Å². The van der Waals surface area contributed by atoms with Gasteiger partial charge < -0.3 is 15.4 Å². The third-order valence-electron chi connectivity index (χ3n) is 4.25. The molecule has 3 rings (SSSR count). The fourth-order valence-corrected chi connectivity index (χ4v) is 3.55. The number of hydrogen-bond acceptors (Lipinski definition) is 6. The van der Waals surface area contributed by atoms with E-state index in [9.17, 15) is 14.9 Å². The van der Waals surface area contributed by atoms with Gasteiger partial charge in [-0.2, -0.15) is 0 Å². The van der Waals surface area contributed by atoms with E-state index >= 15 is 0 Å². The summed E-state index contributed by atoms with van der Waals surface area (Å²) in [5.41, 5.74) is 6.54. The molecule has 0 unspecified atom stereocenters. The molecule has 29 heavy (non-hydrogen) atoms. The molecule has 0 aliphatic rings. The van der Waals surface area contributed by atoms with Crippen molar-refractivity contribution >= 4 is 22.9 Å². The molecule has 0 radical (unpaired) electrons. The molecule has 0 saturated heterocycles.